The van der Waals surface area contributed by atoms with E-state index >= 15 is 0 Å². The predicted molar refractivity (Wildman–Crippen MR) is 8.32 cm³/mol. The fourth-order valence-corrected chi connectivity index (χ4v) is 0. The zero-order chi connectivity index (χ0) is 2.71. The van der Waals surface area contributed by atoms with Crippen molar-refractivity contribution in [2.24, 2.45) is 0 Å². The molecule has 0 heterocycles. The quantitative estimate of drug-likeness (QED) is 0.474. The summed E-state index contributed by atoms with van der Waals surface area (Å²) in [5, 5.41) is 6.76. The summed E-state index contributed by atoms with van der Waals surface area (Å²) in [6, 6.07) is 0. The van der Waals surface area contributed by atoms with E-state index in [0.717, 1.165) is 0 Å². The van der Waals surface area contributed by atoms with E-state index in [2.05, 4.69) is 0 Å². The van der Waals surface area contributed by atoms with Crippen molar-refractivity contribution >= 4 is 6.47 Å². The molecule has 0 saturated heterocycles. The first-order chi connectivity index (χ1) is 1.41. The van der Waals surface area contributed by atoms with Gasteiger partial charge in [0.1, 0.15) is 0 Å². The molecule has 0 spiro atoms. The molecule has 5 heavy (non-hydrogen) atoms. The fourth-order valence-electron chi connectivity index (χ4n) is 0. The smallest absolute Gasteiger partial charge is 0.665 e. The van der Waals surface area contributed by atoms with Gasteiger partial charge in [0.2, 0.25) is 0 Å². The Bertz CT molecular complexity index is 17.1. The van der Waals surface area contributed by atoms with Gasteiger partial charge in [-0.25, -0.2) is 0 Å². The van der Waals surface area contributed by atoms with E-state index in [9.17, 15) is 0 Å². The van der Waals surface area contributed by atoms with Gasteiger partial charge in [-0.05, 0) is 0 Å². The third-order valence-electron chi connectivity index (χ3n) is 0. The van der Waals surface area contributed by atoms with E-state index in [1.807, 2.05) is 0 Å². The molecule has 0 atom stereocenters. The molecule has 0 rings (SSSR count). The number of rotatable bonds is 0. The summed E-state index contributed by atoms with van der Waals surface area (Å²) in [5.41, 5.74) is 0. The molecule has 4 heteroatoms. The van der Waals surface area contributed by atoms with Gasteiger partial charge in [0, 0.05) is 20.4 Å². The first kappa shape index (κ1) is 15.8. The van der Waals surface area contributed by atoms with Crippen LogP contribution in [0.25, 0.3) is 0 Å². The molecular weight excluding hydrogens is 316 g/mol. The Hall–Kier alpha value is 1.94. The van der Waals surface area contributed by atoms with Crippen molar-refractivity contribution in [2.45, 2.75) is 0 Å². The third-order valence-corrected chi connectivity index (χ3v) is 0. The maximum absolute atomic E-state index is 8.24. The predicted octanol–water partition coefficient (Wildman–Crippen LogP) is -3.39. The maximum Gasteiger partial charge on any atom is 1.00 e. The van der Waals surface area contributed by atoms with Crippen LogP contribution in [0.3, 0.4) is 0 Å². The van der Waals surface area contributed by atoms with Crippen molar-refractivity contribution in [3.63, 3.8) is 0 Å². The summed E-state index contributed by atoms with van der Waals surface area (Å²) in [6.07, 6.45) is 0. The minimum absolute atomic E-state index is 0. The van der Waals surface area contributed by atoms with Crippen molar-refractivity contribution in [3.05, 3.63) is 0 Å². The summed E-state index contributed by atoms with van der Waals surface area (Å²) in [5.74, 6) is 0. The summed E-state index contributed by atoms with van der Waals surface area (Å²) >= 11 is 0. The molecule has 0 aliphatic rings. The standard InChI is InChI=1S/CHO2.Rb.Re/c2-1-3;;/h(H,2,3);;/q-1;+1;. The molecule has 2 nitrogen and oxygen atoms in total. The van der Waals surface area contributed by atoms with Crippen LogP contribution in [0.2, 0.25) is 0 Å². The molecule has 0 bridgehead atoms. The summed E-state index contributed by atoms with van der Waals surface area (Å²) in [4.78, 5) is 8.24. The maximum atomic E-state index is 8.24. The van der Waals surface area contributed by atoms with Crippen molar-refractivity contribution in [1.29, 1.82) is 0 Å². The summed E-state index contributed by atoms with van der Waals surface area (Å²) < 4.78 is 0. The van der Waals surface area contributed by atoms with E-state index in [0.29, 0.717) is 6.47 Å². The first-order valence-corrected chi connectivity index (χ1v) is 0.428. The number of aliphatic hydroxyl groups excluding tert-OH is 1. The molecule has 0 fully saturated rings. The third kappa shape index (κ3) is 24.5. The molecule has 0 aromatic carbocycles. The van der Waals surface area contributed by atoms with Gasteiger partial charge in [0.05, 0.1) is 0 Å². The van der Waals surface area contributed by atoms with Crippen LogP contribution in [0.1, 0.15) is 0 Å². The molecule has 0 aromatic heterocycles. The molecule has 0 aromatic rings. The SMILES string of the molecule is O=[C-]O.[Rb+].[Re]. The molecule has 0 aliphatic heterocycles. The largest absolute Gasteiger partial charge is 1.00 e. The molecule has 1 N–H and O–H groups in total. The zero-order valence-electron chi connectivity index (χ0n) is 2.73. The van der Waals surface area contributed by atoms with Gasteiger partial charge in [-0.15, -0.1) is 0 Å². The van der Waals surface area contributed by atoms with Crippen molar-refractivity contribution in [1.82, 2.24) is 0 Å². The van der Waals surface area contributed by atoms with Gasteiger partial charge < -0.3 is 9.90 Å². The van der Waals surface area contributed by atoms with E-state index in [1.165, 1.54) is 0 Å². The minimum atomic E-state index is 0. The monoisotopic (exact) mass is 317 g/mol. The summed E-state index contributed by atoms with van der Waals surface area (Å²) in [7, 11) is 0. The minimum Gasteiger partial charge on any atom is -0.665 e. The average molecular weight is 317 g/mol. The molecule has 25 valence electrons. The molecular formula is CHO2RbRe. The van der Waals surface area contributed by atoms with Crippen molar-refractivity contribution < 1.29 is 88.5 Å². The van der Waals surface area contributed by atoms with Crippen LogP contribution in [0, 0.1) is 0 Å². The van der Waals surface area contributed by atoms with E-state index in [4.69, 9.17) is 9.90 Å². The second-order valence-corrected chi connectivity index (χ2v) is 0.0913. The van der Waals surface area contributed by atoms with Crippen LogP contribution in [-0.4, -0.2) is 11.6 Å². The van der Waals surface area contributed by atoms with Gasteiger partial charge in [0.25, 0.3) is 0 Å². The van der Waals surface area contributed by atoms with Gasteiger partial charge in [-0.2, -0.15) is 0 Å². The van der Waals surface area contributed by atoms with Gasteiger partial charge in [-0.3, -0.25) is 0 Å². The molecule has 0 unspecified atom stereocenters. The van der Waals surface area contributed by atoms with Crippen molar-refractivity contribution in [2.75, 3.05) is 0 Å². The Balaban J connectivity index is -0.0000000200. The molecule has 0 saturated carbocycles. The topological polar surface area (TPSA) is 37.3 Å². The van der Waals surface area contributed by atoms with E-state index in [-0.39, 0.29) is 78.6 Å². The van der Waals surface area contributed by atoms with Crippen LogP contribution in [0.5, 0.6) is 0 Å². The number of hydrogen-bond acceptors (Lipinski definition) is 1. The second kappa shape index (κ2) is 16.8. The van der Waals surface area contributed by atoms with Crippen LogP contribution < -0.4 is 58.2 Å². The van der Waals surface area contributed by atoms with Crippen LogP contribution in [0.4, 0.5) is 0 Å². The zero-order valence-corrected chi connectivity index (χ0v) is 10.4. The number of hydrogen-bond donors (Lipinski definition) is 1. The van der Waals surface area contributed by atoms with Gasteiger partial charge in [0.15, 0.2) is 0 Å². The Kier molecular flexibility index (Phi) is 52.9. The van der Waals surface area contributed by atoms with Gasteiger partial charge >= 0.3 is 58.2 Å². The van der Waals surface area contributed by atoms with E-state index < -0.39 is 0 Å². The summed E-state index contributed by atoms with van der Waals surface area (Å²) in [6.45, 7) is 0.500. The van der Waals surface area contributed by atoms with Crippen LogP contribution in [-0.2, 0) is 25.2 Å². The fraction of sp³-hybridized carbons (Fsp3) is 0. The van der Waals surface area contributed by atoms with E-state index in [1.54, 1.807) is 0 Å². The average Bonchev–Trinajstić information content (AvgIpc) is 0.918. The second-order valence-electron chi connectivity index (χ2n) is 0.0913. The molecule has 1 radical (unpaired) electrons. The Morgan fingerprint density at radius 1 is 1.60 bits per heavy atom. The molecule has 0 aliphatic carbocycles. The first-order valence-electron chi connectivity index (χ1n) is 0.428. The van der Waals surface area contributed by atoms with Crippen LogP contribution in [0.15, 0.2) is 0 Å². The Morgan fingerprint density at radius 3 is 1.60 bits per heavy atom. The Labute approximate surface area is 92.8 Å². The van der Waals surface area contributed by atoms with Crippen LogP contribution >= 0.6 is 0 Å². The molecule has 0 amide bonds. The normalized spacial score (nSPS) is 2.40. The Morgan fingerprint density at radius 2 is 1.60 bits per heavy atom. The van der Waals surface area contributed by atoms with Gasteiger partial charge in [-0.1, -0.05) is 6.47 Å². The van der Waals surface area contributed by atoms with Crippen molar-refractivity contribution in [3.8, 4) is 0 Å².